The zero-order valence-electron chi connectivity index (χ0n) is 17.3. The van der Waals surface area contributed by atoms with E-state index in [4.69, 9.17) is 0 Å². The van der Waals surface area contributed by atoms with Gasteiger partial charge >= 0.3 is 0 Å². The molecule has 2 aliphatic rings. The highest BCUT2D eigenvalue weighted by molar-refractivity contribution is 8.18. The molecule has 2 fully saturated rings. The molecule has 0 spiro atoms. The van der Waals surface area contributed by atoms with E-state index in [2.05, 4.69) is 27.1 Å². The highest BCUT2D eigenvalue weighted by Crippen LogP contribution is 2.40. The molecular weight excluding hydrogens is 448 g/mol. The van der Waals surface area contributed by atoms with Crippen molar-refractivity contribution in [1.29, 1.82) is 0 Å². The van der Waals surface area contributed by atoms with Gasteiger partial charge in [0.1, 0.15) is 5.82 Å². The molecule has 3 heterocycles. The predicted octanol–water partition coefficient (Wildman–Crippen LogP) is 2.68. The molecule has 166 valence electrons. The molecule has 1 saturated heterocycles. The third-order valence-electron chi connectivity index (χ3n) is 4.85. The standard InChI is InChI=1S/C21H22N6O3S2/c1-2-9-26-18(15-5-6-15)24-25-20(26)31-13-17(28)23-8-10-27-19(29)16(32-21(27)30)11-14-4-3-7-22-12-14/h2-4,7,11-12,15H,1,5-6,8-10,13H2,(H,23,28)/b16-11-. The van der Waals surface area contributed by atoms with E-state index in [1.165, 1.54) is 11.8 Å². The molecule has 3 amide bonds. The summed E-state index contributed by atoms with van der Waals surface area (Å²) in [6.45, 7) is 4.68. The lowest BCUT2D eigenvalue weighted by molar-refractivity contribution is -0.123. The van der Waals surface area contributed by atoms with E-state index >= 15 is 0 Å². The van der Waals surface area contributed by atoms with Gasteiger partial charge in [0.05, 0.1) is 10.7 Å². The molecule has 2 aromatic rings. The number of hydrogen-bond acceptors (Lipinski definition) is 8. The maximum Gasteiger partial charge on any atom is 0.293 e. The fourth-order valence-corrected chi connectivity index (χ4v) is 4.79. The first-order valence-corrected chi connectivity index (χ1v) is 12.0. The second kappa shape index (κ2) is 10.1. The Labute approximate surface area is 193 Å². The Hall–Kier alpha value is -2.92. The lowest BCUT2D eigenvalue weighted by Gasteiger charge is -2.13. The van der Waals surface area contributed by atoms with Gasteiger partial charge in [-0.2, -0.15) is 0 Å². The quantitative estimate of drug-likeness (QED) is 0.321. The first kappa shape index (κ1) is 22.3. The maximum absolute atomic E-state index is 12.5. The Morgan fingerprint density at radius 2 is 2.19 bits per heavy atom. The maximum atomic E-state index is 12.5. The molecule has 4 rings (SSSR count). The van der Waals surface area contributed by atoms with Crippen molar-refractivity contribution in [1.82, 2.24) is 30.0 Å². The summed E-state index contributed by atoms with van der Waals surface area (Å²) in [5.74, 6) is 1.01. The van der Waals surface area contributed by atoms with Gasteiger partial charge in [0.25, 0.3) is 11.1 Å². The van der Waals surface area contributed by atoms with Crippen LogP contribution in [0.4, 0.5) is 4.79 Å². The van der Waals surface area contributed by atoms with Gasteiger partial charge in [0.15, 0.2) is 5.16 Å². The summed E-state index contributed by atoms with van der Waals surface area (Å²) in [7, 11) is 0. The van der Waals surface area contributed by atoms with Gasteiger partial charge in [0, 0.05) is 37.9 Å². The van der Waals surface area contributed by atoms with E-state index in [1.54, 1.807) is 30.6 Å². The number of rotatable bonds is 10. The smallest absolute Gasteiger partial charge is 0.293 e. The highest BCUT2D eigenvalue weighted by Gasteiger charge is 2.34. The van der Waals surface area contributed by atoms with Gasteiger partial charge in [-0.15, -0.1) is 16.8 Å². The molecule has 32 heavy (non-hydrogen) atoms. The summed E-state index contributed by atoms with van der Waals surface area (Å²) in [6, 6.07) is 3.57. The number of carbonyl (C=O) groups excluding carboxylic acids is 3. The number of imide groups is 1. The monoisotopic (exact) mass is 470 g/mol. The lowest BCUT2D eigenvalue weighted by Crippen LogP contribution is -2.37. The zero-order chi connectivity index (χ0) is 22.5. The van der Waals surface area contributed by atoms with Crippen LogP contribution in [0.25, 0.3) is 6.08 Å². The Bertz CT molecular complexity index is 1060. The van der Waals surface area contributed by atoms with Gasteiger partial charge < -0.3 is 9.88 Å². The van der Waals surface area contributed by atoms with Crippen molar-refractivity contribution in [2.24, 2.45) is 0 Å². The van der Waals surface area contributed by atoms with Crippen molar-refractivity contribution in [3.05, 3.63) is 53.5 Å². The Kier molecular flexibility index (Phi) is 7.05. The van der Waals surface area contributed by atoms with Gasteiger partial charge in [-0.1, -0.05) is 23.9 Å². The van der Waals surface area contributed by atoms with Crippen LogP contribution >= 0.6 is 23.5 Å². The number of thioether (sulfide) groups is 2. The summed E-state index contributed by atoms with van der Waals surface area (Å²) in [4.78, 5) is 42.5. The van der Waals surface area contributed by atoms with Crippen LogP contribution in [-0.4, -0.2) is 60.5 Å². The molecule has 1 saturated carbocycles. The zero-order valence-corrected chi connectivity index (χ0v) is 18.9. The van der Waals surface area contributed by atoms with Crippen molar-refractivity contribution in [2.75, 3.05) is 18.8 Å². The normalized spacial score (nSPS) is 17.2. The van der Waals surface area contributed by atoms with Crippen molar-refractivity contribution >= 4 is 46.7 Å². The Morgan fingerprint density at radius 3 is 2.91 bits per heavy atom. The van der Waals surface area contributed by atoms with Crippen LogP contribution in [0.3, 0.4) is 0 Å². The second-order valence-electron chi connectivity index (χ2n) is 7.27. The lowest BCUT2D eigenvalue weighted by atomic mass is 10.2. The number of amides is 3. The summed E-state index contributed by atoms with van der Waals surface area (Å²) in [5.41, 5.74) is 0.748. The van der Waals surface area contributed by atoms with E-state index in [1.807, 2.05) is 10.6 Å². The third kappa shape index (κ3) is 5.28. The number of carbonyl (C=O) groups is 3. The van der Waals surface area contributed by atoms with Crippen LogP contribution in [0.1, 0.15) is 30.1 Å². The molecular formula is C21H22N6O3S2. The summed E-state index contributed by atoms with van der Waals surface area (Å²) >= 11 is 2.20. The predicted molar refractivity (Wildman–Crippen MR) is 123 cm³/mol. The molecule has 1 aliphatic heterocycles. The molecule has 0 bridgehead atoms. The van der Waals surface area contributed by atoms with Crippen LogP contribution in [-0.2, 0) is 16.1 Å². The molecule has 0 aromatic carbocycles. The summed E-state index contributed by atoms with van der Waals surface area (Å²) in [5, 5.41) is 11.6. The molecule has 2 aromatic heterocycles. The van der Waals surface area contributed by atoms with Crippen LogP contribution in [0.5, 0.6) is 0 Å². The fraction of sp³-hybridized carbons (Fsp3) is 0.333. The van der Waals surface area contributed by atoms with Crippen LogP contribution in [0, 0.1) is 0 Å². The number of nitrogens with one attached hydrogen (secondary N) is 1. The minimum atomic E-state index is -0.363. The average molecular weight is 471 g/mol. The van der Waals surface area contributed by atoms with Crippen molar-refractivity contribution < 1.29 is 14.4 Å². The number of hydrogen-bond donors (Lipinski definition) is 1. The first-order chi connectivity index (χ1) is 15.6. The minimum Gasteiger partial charge on any atom is -0.354 e. The number of aromatic nitrogens is 4. The van der Waals surface area contributed by atoms with E-state index in [0.29, 0.717) is 22.5 Å². The van der Waals surface area contributed by atoms with Gasteiger partial charge in [-0.3, -0.25) is 24.3 Å². The first-order valence-electron chi connectivity index (χ1n) is 10.2. The van der Waals surface area contributed by atoms with E-state index in [-0.39, 0.29) is 35.9 Å². The molecule has 0 atom stereocenters. The van der Waals surface area contributed by atoms with Crippen LogP contribution < -0.4 is 5.32 Å². The fourth-order valence-electron chi connectivity index (χ4n) is 3.14. The number of allylic oxidation sites excluding steroid dienone is 1. The number of nitrogens with zero attached hydrogens (tertiary/aromatic N) is 5. The average Bonchev–Trinajstić information content (AvgIpc) is 3.50. The van der Waals surface area contributed by atoms with Crippen LogP contribution in [0.2, 0.25) is 0 Å². The Morgan fingerprint density at radius 1 is 1.34 bits per heavy atom. The SMILES string of the molecule is C=CCn1c(SCC(=O)NCCN2C(=O)S/C(=C\c3cccnc3)C2=O)nnc1C1CC1. The Balaban J connectivity index is 1.25. The van der Waals surface area contributed by atoms with E-state index < -0.39 is 0 Å². The summed E-state index contributed by atoms with van der Waals surface area (Å²) in [6.07, 6.45) is 8.92. The second-order valence-corrected chi connectivity index (χ2v) is 9.21. The minimum absolute atomic E-state index is 0.115. The largest absolute Gasteiger partial charge is 0.354 e. The molecule has 1 aliphatic carbocycles. The topological polar surface area (TPSA) is 110 Å². The van der Waals surface area contributed by atoms with E-state index in [9.17, 15) is 14.4 Å². The van der Waals surface area contributed by atoms with Crippen molar-refractivity contribution in [2.45, 2.75) is 30.5 Å². The van der Waals surface area contributed by atoms with Crippen LogP contribution in [0.15, 0.2) is 47.2 Å². The van der Waals surface area contributed by atoms with Gasteiger partial charge in [0.2, 0.25) is 5.91 Å². The third-order valence-corrected chi connectivity index (χ3v) is 6.72. The molecule has 9 nitrogen and oxygen atoms in total. The molecule has 1 N–H and O–H groups in total. The van der Waals surface area contributed by atoms with Gasteiger partial charge in [-0.25, -0.2) is 0 Å². The van der Waals surface area contributed by atoms with Crippen molar-refractivity contribution in [3.8, 4) is 0 Å². The number of pyridine rings is 1. The van der Waals surface area contributed by atoms with Crippen molar-refractivity contribution in [3.63, 3.8) is 0 Å². The van der Waals surface area contributed by atoms with Gasteiger partial charge in [-0.05, 0) is 42.3 Å². The molecule has 0 unspecified atom stereocenters. The van der Waals surface area contributed by atoms with E-state index in [0.717, 1.165) is 40.9 Å². The molecule has 11 heteroatoms. The highest BCUT2D eigenvalue weighted by atomic mass is 32.2. The molecule has 0 radical (unpaired) electrons. The summed E-state index contributed by atoms with van der Waals surface area (Å²) < 4.78 is 2.00.